The zero-order chi connectivity index (χ0) is 33.1. The van der Waals surface area contributed by atoms with Crippen molar-refractivity contribution in [1.29, 1.82) is 0 Å². The van der Waals surface area contributed by atoms with Crippen LogP contribution in [0, 0.1) is 5.82 Å². The molecule has 0 radical (unpaired) electrons. The first-order chi connectivity index (χ1) is 22.4. The van der Waals surface area contributed by atoms with Gasteiger partial charge in [0.25, 0.3) is 5.91 Å². The van der Waals surface area contributed by atoms with E-state index in [0.29, 0.717) is 5.75 Å². The second kappa shape index (κ2) is 11.2. The van der Waals surface area contributed by atoms with Crippen molar-refractivity contribution in [3.05, 3.63) is 83.1 Å². The van der Waals surface area contributed by atoms with E-state index in [1.54, 1.807) is 17.8 Å². The molecule has 14 heteroatoms. The minimum Gasteiger partial charge on any atom is -0.493 e. The van der Waals surface area contributed by atoms with Gasteiger partial charge < -0.3 is 24.6 Å². The first-order valence-corrected chi connectivity index (χ1v) is 15.2. The molecule has 3 heterocycles. The third kappa shape index (κ3) is 5.64. The molecule has 4 aromatic rings. The number of carbonyl (C=O) groups excluding carboxylic acids is 1. The van der Waals surface area contributed by atoms with Crippen molar-refractivity contribution < 1.29 is 41.7 Å². The number of benzene rings is 2. The van der Waals surface area contributed by atoms with E-state index in [0.717, 1.165) is 49.6 Å². The van der Waals surface area contributed by atoms with Crippen LogP contribution < -0.4 is 19.5 Å². The fourth-order valence-corrected chi connectivity index (χ4v) is 5.58. The smallest absolute Gasteiger partial charge is 0.424 e. The molecule has 47 heavy (non-hydrogen) atoms. The lowest BCUT2D eigenvalue weighted by Gasteiger charge is -2.32. The summed E-state index contributed by atoms with van der Waals surface area (Å²) in [6.45, 7) is 0.457. The van der Waals surface area contributed by atoms with Crippen LogP contribution in [0.4, 0.5) is 17.6 Å². The lowest BCUT2D eigenvalue weighted by molar-refractivity contribution is -0.265. The summed E-state index contributed by atoms with van der Waals surface area (Å²) in [4.78, 5) is 17.4. The van der Waals surface area contributed by atoms with Crippen LogP contribution in [0.15, 0.2) is 54.7 Å². The van der Waals surface area contributed by atoms with Crippen LogP contribution in [0.1, 0.15) is 65.8 Å². The van der Waals surface area contributed by atoms with E-state index in [-0.39, 0.29) is 52.5 Å². The Balaban J connectivity index is 1.27. The van der Waals surface area contributed by atoms with Gasteiger partial charge in [-0.2, -0.15) is 13.2 Å². The molecule has 2 N–H and O–H groups in total. The topological polar surface area (TPSA) is 121 Å². The van der Waals surface area contributed by atoms with Gasteiger partial charge in [-0.25, -0.2) is 14.1 Å². The number of fused-ring (bicyclic) bond motifs is 1. The average molecular weight is 654 g/mol. The van der Waals surface area contributed by atoms with Crippen LogP contribution in [0.25, 0.3) is 11.3 Å². The molecular weight excluding hydrogens is 622 g/mol. The van der Waals surface area contributed by atoms with Crippen LogP contribution >= 0.6 is 0 Å². The number of nitrogens with one attached hydrogen (secondary N) is 1. The number of ether oxygens (including phenoxy) is 3. The molecule has 1 unspecified atom stereocenters. The summed E-state index contributed by atoms with van der Waals surface area (Å²) in [6, 6.07) is 10.4. The van der Waals surface area contributed by atoms with Crippen LogP contribution in [-0.2, 0) is 11.1 Å². The van der Waals surface area contributed by atoms with E-state index in [2.05, 4.69) is 20.6 Å². The van der Waals surface area contributed by atoms with Gasteiger partial charge in [0.1, 0.15) is 23.7 Å². The Bertz CT molecular complexity index is 1840. The molecule has 2 atom stereocenters. The normalized spacial score (nSPS) is 20.2. The molecule has 7 rings (SSSR count). The van der Waals surface area contributed by atoms with Crippen molar-refractivity contribution in [2.45, 2.75) is 61.9 Å². The number of amides is 1. The van der Waals surface area contributed by atoms with Gasteiger partial charge in [-0.1, -0.05) is 5.21 Å². The summed E-state index contributed by atoms with van der Waals surface area (Å²) >= 11 is 0. The fourth-order valence-electron chi connectivity index (χ4n) is 5.58. The Labute approximate surface area is 266 Å². The highest BCUT2D eigenvalue weighted by Crippen LogP contribution is 2.49. The molecule has 10 nitrogen and oxygen atoms in total. The number of aliphatic hydroxyl groups is 1. The Morgan fingerprint density at radius 1 is 1.11 bits per heavy atom. The summed E-state index contributed by atoms with van der Waals surface area (Å²) < 4.78 is 77.2. The number of alkyl halides is 3. The summed E-state index contributed by atoms with van der Waals surface area (Å²) in [5.74, 6) is -0.334. The number of hydrogen-bond donors (Lipinski definition) is 2. The monoisotopic (exact) mass is 653 g/mol. The molecule has 0 spiro atoms. The lowest BCUT2D eigenvalue weighted by atomic mass is 9.88. The van der Waals surface area contributed by atoms with Gasteiger partial charge in [0.05, 0.1) is 31.1 Å². The maximum Gasteiger partial charge on any atom is 0.424 e. The van der Waals surface area contributed by atoms with Gasteiger partial charge in [-0.15, -0.1) is 5.10 Å². The standard InChI is InChI=1S/C33H31F4N5O5/c1-31(42-15-24(40-41-42)18-3-4-18)17-46-29-23(31)14-27(39-28(29)19-5-8-21(34)9-6-19)32(44,33(35,36)37)16-38-30(43)20-7-12-25(26(13-20)45-2)47-22-10-11-22/h5-9,12-15,18,22,44H,3-4,10-11,16-17H2,1-2H3,(H,38,43)/t31-,32?/m0/s1. The second-order valence-corrected chi connectivity index (χ2v) is 12.4. The second-order valence-electron chi connectivity index (χ2n) is 12.4. The van der Waals surface area contributed by atoms with Crippen molar-refractivity contribution in [2.75, 3.05) is 20.3 Å². The Morgan fingerprint density at radius 3 is 2.51 bits per heavy atom. The lowest BCUT2D eigenvalue weighted by Crippen LogP contribution is -2.51. The van der Waals surface area contributed by atoms with Crippen molar-refractivity contribution in [1.82, 2.24) is 25.3 Å². The predicted octanol–water partition coefficient (Wildman–Crippen LogP) is 5.24. The molecule has 0 bridgehead atoms. The summed E-state index contributed by atoms with van der Waals surface area (Å²) in [6.07, 6.45) is 0.255. The molecule has 1 amide bonds. The first-order valence-electron chi connectivity index (χ1n) is 15.2. The molecule has 246 valence electrons. The van der Waals surface area contributed by atoms with E-state index < -0.39 is 41.3 Å². The predicted molar refractivity (Wildman–Crippen MR) is 159 cm³/mol. The van der Waals surface area contributed by atoms with Crippen molar-refractivity contribution in [3.63, 3.8) is 0 Å². The third-order valence-corrected chi connectivity index (χ3v) is 8.82. The largest absolute Gasteiger partial charge is 0.493 e. The highest BCUT2D eigenvalue weighted by molar-refractivity contribution is 5.95. The van der Waals surface area contributed by atoms with Crippen LogP contribution in [-0.4, -0.2) is 63.5 Å². The van der Waals surface area contributed by atoms with Crippen LogP contribution in [0.3, 0.4) is 0 Å². The Hall–Kier alpha value is -4.72. The summed E-state index contributed by atoms with van der Waals surface area (Å²) in [5.41, 5.74) is -4.29. The van der Waals surface area contributed by atoms with Gasteiger partial charge in [0, 0.05) is 28.8 Å². The minimum atomic E-state index is -5.29. The van der Waals surface area contributed by atoms with Gasteiger partial charge in [0.15, 0.2) is 17.2 Å². The van der Waals surface area contributed by atoms with Gasteiger partial charge in [-0.3, -0.25) is 4.79 Å². The highest BCUT2D eigenvalue weighted by Gasteiger charge is 2.57. The SMILES string of the molecule is COc1cc(C(=O)NCC(O)(c2cc3c(c(-c4ccc(F)cc4)n2)OC[C@]3(C)n2cc(C3CC3)nn2)C(F)(F)F)ccc1OC1CC1. The summed E-state index contributed by atoms with van der Waals surface area (Å²) in [5, 5.41) is 22.2. The number of carbonyl (C=O) groups is 1. The quantitative estimate of drug-likeness (QED) is 0.223. The molecule has 3 aliphatic rings. The van der Waals surface area contributed by atoms with Crippen molar-refractivity contribution in [3.8, 4) is 28.5 Å². The number of methoxy groups -OCH3 is 1. The van der Waals surface area contributed by atoms with E-state index in [1.807, 2.05) is 0 Å². The fraction of sp³-hybridized carbons (Fsp3) is 0.394. The third-order valence-electron chi connectivity index (χ3n) is 8.82. The molecule has 1 aliphatic heterocycles. The molecule has 2 aliphatic carbocycles. The maximum atomic E-state index is 14.9. The maximum absolute atomic E-state index is 14.9. The molecular formula is C33H31F4N5O5. The Morgan fingerprint density at radius 2 is 1.85 bits per heavy atom. The zero-order valence-corrected chi connectivity index (χ0v) is 25.5. The minimum absolute atomic E-state index is 0.00191. The van der Waals surface area contributed by atoms with Crippen LogP contribution in [0.2, 0.25) is 0 Å². The number of hydrogen-bond acceptors (Lipinski definition) is 8. The molecule has 2 fully saturated rings. The van der Waals surface area contributed by atoms with E-state index in [4.69, 9.17) is 14.2 Å². The first kappa shape index (κ1) is 30.9. The van der Waals surface area contributed by atoms with Crippen LogP contribution in [0.5, 0.6) is 17.2 Å². The average Bonchev–Trinajstić information content (AvgIpc) is 3.99. The van der Waals surface area contributed by atoms with E-state index >= 15 is 0 Å². The van der Waals surface area contributed by atoms with E-state index in [1.165, 1.54) is 37.4 Å². The molecule has 2 aromatic heterocycles. The summed E-state index contributed by atoms with van der Waals surface area (Å²) in [7, 11) is 1.39. The molecule has 0 saturated heterocycles. The highest BCUT2D eigenvalue weighted by atomic mass is 19.4. The molecule has 2 saturated carbocycles. The zero-order valence-electron chi connectivity index (χ0n) is 25.5. The van der Waals surface area contributed by atoms with Gasteiger partial charge >= 0.3 is 6.18 Å². The van der Waals surface area contributed by atoms with Gasteiger partial charge in [-0.05, 0) is 81.1 Å². The Kier molecular flexibility index (Phi) is 7.38. The number of nitrogens with zero attached hydrogens (tertiary/aromatic N) is 4. The number of halogens is 4. The number of rotatable bonds is 10. The van der Waals surface area contributed by atoms with Crippen molar-refractivity contribution in [2.24, 2.45) is 0 Å². The number of aromatic nitrogens is 4. The number of pyridine rings is 1. The molecule has 2 aromatic carbocycles. The van der Waals surface area contributed by atoms with Crippen molar-refractivity contribution >= 4 is 5.91 Å². The van der Waals surface area contributed by atoms with E-state index in [9.17, 15) is 27.5 Å². The van der Waals surface area contributed by atoms with Gasteiger partial charge in [0.2, 0.25) is 5.60 Å².